The van der Waals surface area contributed by atoms with Gasteiger partial charge in [-0.05, 0) is 61.3 Å². The molecule has 5 heteroatoms. The Hall–Kier alpha value is -0.450. The van der Waals surface area contributed by atoms with Crippen molar-refractivity contribution >= 4 is 40.9 Å². The summed E-state index contributed by atoms with van der Waals surface area (Å²) in [6.45, 7) is 4.00. The highest BCUT2D eigenvalue weighted by molar-refractivity contribution is 7.99. The molecule has 0 heterocycles. The van der Waals surface area contributed by atoms with Gasteiger partial charge in [-0.3, -0.25) is 0 Å². The van der Waals surface area contributed by atoms with Gasteiger partial charge in [-0.2, -0.15) is 0 Å². The Morgan fingerprint density at radius 1 is 1.21 bits per heavy atom. The Labute approximate surface area is 130 Å². The van der Waals surface area contributed by atoms with E-state index in [1.165, 1.54) is 37.6 Å². The number of nitrogens with one attached hydrogen (secondary N) is 2. The fourth-order valence-corrected chi connectivity index (χ4v) is 2.85. The highest BCUT2D eigenvalue weighted by Gasteiger charge is 2.15. The van der Waals surface area contributed by atoms with Crippen molar-refractivity contribution in [3.05, 3.63) is 29.3 Å². The van der Waals surface area contributed by atoms with E-state index < -0.39 is 0 Å². The predicted octanol–water partition coefficient (Wildman–Crippen LogP) is 4.78. The third kappa shape index (κ3) is 6.50. The zero-order chi connectivity index (χ0) is 14.1. The lowest BCUT2D eigenvalue weighted by atomic mass is 10.3. The van der Waals surface area contributed by atoms with Crippen LogP contribution in [0.3, 0.4) is 0 Å². The molecule has 1 aromatic rings. The molecule has 0 saturated heterocycles. The third-order valence-electron chi connectivity index (χ3n) is 2.77. The summed E-state index contributed by atoms with van der Waals surface area (Å²) in [4.78, 5) is 1.10. The van der Waals surface area contributed by atoms with E-state index in [-0.39, 0.29) is 0 Å². The summed E-state index contributed by atoms with van der Waals surface area (Å²) < 4.78 is 3.14. The fourth-order valence-electron chi connectivity index (χ4n) is 1.89. The maximum absolute atomic E-state index is 5.82. The highest BCUT2D eigenvalue weighted by atomic mass is 35.5. The van der Waals surface area contributed by atoms with Gasteiger partial charge in [-0.1, -0.05) is 38.3 Å². The molecule has 0 amide bonds. The summed E-state index contributed by atoms with van der Waals surface area (Å²) in [5, 5.41) is 4.80. The molecule has 0 bridgehead atoms. The lowest BCUT2D eigenvalue weighted by Gasteiger charge is -2.14. The molecule has 2 nitrogen and oxygen atoms in total. The molecule has 0 aromatic heterocycles. The van der Waals surface area contributed by atoms with Gasteiger partial charge in [-0.25, -0.2) is 0 Å². The summed E-state index contributed by atoms with van der Waals surface area (Å²) in [5.41, 5.74) is 0. The number of rotatable bonds is 3. The first-order valence-corrected chi connectivity index (χ1v) is 8.33. The topological polar surface area (TPSA) is 24.1 Å². The minimum absolute atomic E-state index is 0.556. The van der Waals surface area contributed by atoms with Crippen molar-refractivity contribution in [3.8, 4) is 0 Å². The summed E-state index contributed by atoms with van der Waals surface area (Å²) in [7, 11) is 0. The molecule has 1 aliphatic carbocycles. The number of benzene rings is 1. The predicted molar refractivity (Wildman–Crippen MR) is 89.8 cm³/mol. The van der Waals surface area contributed by atoms with Gasteiger partial charge >= 0.3 is 0 Å². The van der Waals surface area contributed by atoms with Crippen LogP contribution in [0, 0.1) is 0 Å². The summed E-state index contributed by atoms with van der Waals surface area (Å²) in [6, 6.07) is 8.25. The second kappa shape index (κ2) is 9.45. The lowest BCUT2D eigenvalue weighted by molar-refractivity contribution is 0.630. The normalized spacial score (nSPS) is 14.5. The second-order valence-electron chi connectivity index (χ2n) is 4.11. The van der Waals surface area contributed by atoms with Crippen LogP contribution in [0.15, 0.2) is 29.2 Å². The molecule has 0 spiro atoms. The van der Waals surface area contributed by atoms with Crippen LogP contribution >= 0.6 is 35.8 Å². The van der Waals surface area contributed by atoms with Gasteiger partial charge in [0.05, 0.1) is 0 Å². The molecule has 2 rings (SSSR count). The number of hydrogen-bond donors (Lipinski definition) is 2. The van der Waals surface area contributed by atoms with E-state index in [2.05, 4.69) is 10.0 Å². The largest absolute Gasteiger partial charge is 0.359 e. The average molecular weight is 317 g/mol. The lowest BCUT2D eigenvalue weighted by Crippen LogP contribution is -2.37. The van der Waals surface area contributed by atoms with Crippen molar-refractivity contribution in [3.63, 3.8) is 0 Å². The van der Waals surface area contributed by atoms with Crippen molar-refractivity contribution in [2.45, 2.75) is 50.5 Å². The zero-order valence-corrected chi connectivity index (χ0v) is 13.8. The van der Waals surface area contributed by atoms with Crippen molar-refractivity contribution in [2.24, 2.45) is 0 Å². The minimum Gasteiger partial charge on any atom is -0.359 e. The van der Waals surface area contributed by atoms with Gasteiger partial charge < -0.3 is 10.0 Å². The SMILES string of the molecule is CC.S=C(NSc1ccc(Cl)cc1)NC1CCCC1. The van der Waals surface area contributed by atoms with Crippen LogP contribution in [0.25, 0.3) is 0 Å². The molecule has 1 fully saturated rings. The monoisotopic (exact) mass is 316 g/mol. The first-order valence-electron chi connectivity index (χ1n) is 6.73. The fraction of sp³-hybridized carbons (Fsp3) is 0.500. The quantitative estimate of drug-likeness (QED) is 0.619. The van der Waals surface area contributed by atoms with E-state index >= 15 is 0 Å². The van der Waals surface area contributed by atoms with Gasteiger partial charge in [0.25, 0.3) is 0 Å². The molecule has 2 N–H and O–H groups in total. The molecule has 1 saturated carbocycles. The van der Waals surface area contributed by atoms with Crippen LogP contribution in [0.4, 0.5) is 0 Å². The number of hydrogen-bond acceptors (Lipinski definition) is 2. The van der Waals surface area contributed by atoms with Crippen LogP contribution < -0.4 is 10.0 Å². The van der Waals surface area contributed by atoms with E-state index in [4.69, 9.17) is 23.8 Å². The van der Waals surface area contributed by atoms with E-state index in [1.54, 1.807) is 0 Å². The Morgan fingerprint density at radius 3 is 2.37 bits per heavy atom. The van der Waals surface area contributed by atoms with Crippen molar-refractivity contribution < 1.29 is 0 Å². The minimum atomic E-state index is 0.556. The summed E-state index contributed by atoms with van der Waals surface area (Å²) >= 11 is 12.6. The van der Waals surface area contributed by atoms with Gasteiger partial charge in [0.2, 0.25) is 0 Å². The Kier molecular flexibility index (Phi) is 8.26. The Balaban J connectivity index is 0.000000861. The molecule has 0 unspecified atom stereocenters. The first-order chi connectivity index (χ1) is 9.24. The van der Waals surface area contributed by atoms with E-state index in [1.807, 2.05) is 38.1 Å². The van der Waals surface area contributed by atoms with Crippen LogP contribution in [0.1, 0.15) is 39.5 Å². The van der Waals surface area contributed by atoms with Gasteiger partial charge in [0, 0.05) is 16.0 Å². The maximum Gasteiger partial charge on any atom is 0.176 e. The maximum atomic E-state index is 5.82. The molecular formula is C14H21ClN2S2. The zero-order valence-electron chi connectivity index (χ0n) is 11.4. The van der Waals surface area contributed by atoms with Crippen molar-refractivity contribution in [2.75, 3.05) is 0 Å². The Morgan fingerprint density at radius 2 is 1.79 bits per heavy atom. The number of halogens is 1. The highest BCUT2D eigenvalue weighted by Crippen LogP contribution is 2.19. The van der Waals surface area contributed by atoms with E-state index in [0.29, 0.717) is 6.04 Å². The smallest absolute Gasteiger partial charge is 0.176 e. The van der Waals surface area contributed by atoms with E-state index in [9.17, 15) is 0 Å². The van der Waals surface area contributed by atoms with Gasteiger partial charge in [0.1, 0.15) is 0 Å². The Bertz CT molecular complexity index is 376. The standard InChI is InChI=1S/C12H15ClN2S2.C2H6/c13-9-5-7-11(8-6-9)17-15-12(16)14-10-3-1-2-4-10;1-2/h5-8,10H,1-4H2,(H2,14,15,16);1-2H3. The number of thiocarbonyl (C=S) groups is 1. The van der Waals surface area contributed by atoms with Crippen molar-refractivity contribution in [1.82, 2.24) is 10.0 Å². The van der Waals surface area contributed by atoms with Crippen LogP contribution in [-0.2, 0) is 0 Å². The summed E-state index contributed by atoms with van der Waals surface area (Å²) in [6.07, 6.45) is 5.08. The third-order valence-corrected chi connectivity index (χ3v) is 4.18. The van der Waals surface area contributed by atoms with E-state index in [0.717, 1.165) is 15.0 Å². The van der Waals surface area contributed by atoms with Crippen LogP contribution in [-0.4, -0.2) is 11.2 Å². The second-order valence-corrected chi connectivity index (χ2v) is 5.84. The molecule has 0 atom stereocenters. The van der Waals surface area contributed by atoms with Gasteiger partial charge in [-0.15, -0.1) is 0 Å². The molecule has 0 radical (unpaired) electrons. The molecule has 106 valence electrons. The van der Waals surface area contributed by atoms with Gasteiger partial charge in [0.15, 0.2) is 5.11 Å². The average Bonchev–Trinajstić information content (AvgIpc) is 2.93. The molecule has 1 aromatic carbocycles. The molecule has 19 heavy (non-hydrogen) atoms. The molecule has 0 aliphatic heterocycles. The van der Waals surface area contributed by atoms with Crippen LogP contribution in [0.5, 0.6) is 0 Å². The summed E-state index contributed by atoms with van der Waals surface area (Å²) in [5.74, 6) is 0. The first kappa shape index (κ1) is 16.6. The molecule has 1 aliphatic rings. The molecular weight excluding hydrogens is 296 g/mol. The van der Waals surface area contributed by atoms with Crippen LogP contribution in [0.2, 0.25) is 5.02 Å². The van der Waals surface area contributed by atoms with Crippen molar-refractivity contribution in [1.29, 1.82) is 0 Å².